The molecular weight excluding hydrogens is 480 g/mol. The monoisotopic (exact) mass is 504 g/mol. The van der Waals surface area contributed by atoms with E-state index in [2.05, 4.69) is 11.6 Å². The number of rotatable bonds is 6. The molecule has 0 unspecified atom stereocenters. The molecule has 4 aromatic rings. The van der Waals surface area contributed by atoms with E-state index in [9.17, 15) is 9.59 Å². The van der Waals surface area contributed by atoms with Crippen LogP contribution in [-0.4, -0.2) is 45.1 Å². The number of piperidine rings is 1. The van der Waals surface area contributed by atoms with Crippen molar-refractivity contribution < 1.29 is 14.3 Å². The number of hydrogen-bond donors (Lipinski definition) is 0. The molecule has 9 heteroatoms. The predicted molar refractivity (Wildman–Crippen MR) is 138 cm³/mol. The van der Waals surface area contributed by atoms with E-state index < -0.39 is 0 Å². The highest BCUT2D eigenvalue weighted by atomic mass is 35.5. The topological polar surface area (TPSA) is 78.6 Å². The molecule has 0 N–H and O–H groups in total. The summed E-state index contributed by atoms with van der Waals surface area (Å²) in [4.78, 5) is 32.0. The van der Waals surface area contributed by atoms with Crippen molar-refractivity contribution >= 4 is 28.5 Å². The Morgan fingerprint density at radius 3 is 2.72 bits per heavy atom. The lowest BCUT2D eigenvalue weighted by atomic mass is 10.1. The van der Waals surface area contributed by atoms with Gasteiger partial charge in [-0.15, -0.1) is 0 Å². The molecule has 1 atom stereocenters. The first-order valence-corrected chi connectivity index (χ1v) is 12.0. The smallest absolute Gasteiger partial charge is 0.334 e. The van der Waals surface area contributed by atoms with E-state index in [1.165, 1.54) is 13.2 Å². The molecule has 3 heterocycles. The zero-order valence-corrected chi connectivity index (χ0v) is 20.5. The van der Waals surface area contributed by atoms with Gasteiger partial charge in [-0.1, -0.05) is 24.2 Å². The van der Waals surface area contributed by atoms with Crippen molar-refractivity contribution in [2.75, 3.05) is 20.2 Å². The van der Waals surface area contributed by atoms with Gasteiger partial charge in [-0.25, -0.2) is 4.79 Å². The fourth-order valence-electron chi connectivity index (χ4n) is 4.72. The Morgan fingerprint density at radius 2 is 1.97 bits per heavy atom. The van der Waals surface area contributed by atoms with Crippen molar-refractivity contribution in [2.45, 2.75) is 18.9 Å². The number of likely N-dealkylation sites (tertiary alicyclic amines) is 1. The normalized spacial score (nSPS) is 15.6. The Bertz CT molecular complexity index is 1490. The van der Waals surface area contributed by atoms with Crippen LogP contribution in [0.1, 0.15) is 18.9 Å². The molecule has 1 amide bonds. The molecule has 2 aromatic carbocycles. The van der Waals surface area contributed by atoms with Crippen LogP contribution in [0.2, 0.25) is 5.02 Å². The second-order valence-corrected chi connectivity index (χ2v) is 8.91. The minimum atomic E-state index is -0.180. The highest BCUT2D eigenvalue weighted by Gasteiger charge is 2.27. The Hall–Kier alpha value is -4.04. The largest absolute Gasteiger partial charge is 0.491 e. The van der Waals surface area contributed by atoms with Crippen molar-refractivity contribution in [1.82, 2.24) is 19.0 Å². The van der Waals surface area contributed by atoms with Crippen LogP contribution in [0.5, 0.6) is 17.2 Å². The minimum absolute atomic E-state index is 0.120. The van der Waals surface area contributed by atoms with Crippen LogP contribution >= 0.6 is 11.6 Å². The second kappa shape index (κ2) is 9.91. The number of benzene rings is 2. The average molecular weight is 505 g/mol. The van der Waals surface area contributed by atoms with Gasteiger partial charge < -0.3 is 14.4 Å². The van der Waals surface area contributed by atoms with E-state index in [-0.39, 0.29) is 17.6 Å². The number of hydrogen-bond acceptors (Lipinski definition) is 5. The third-order valence-corrected chi connectivity index (χ3v) is 6.68. The fourth-order valence-corrected chi connectivity index (χ4v) is 4.97. The Kier molecular flexibility index (Phi) is 6.52. The summed E-state index contributed by atoms with van der Waals surface area (Å²) in [6.45, 7) is 4.72. The first kappa shape index (κ1) is 23.7. The molecule has 1 aliphatic rings. The molecular formula is C27H25ClN4O4. The number of amides is 1. The Morgan fingerprint density at radius 1 is 1.17 bits per heavy atom. The molecule has 0 bridgehead atoms. The second-order valence-electron chi connectivity index (χ2n) is 8.50. The lowest BCUT2D eigenvalue weighted by Crippen LogP contribution is -2.42. The molecule has 0 radical (unpaired) electrons. The van der Waals surface area contributed by atoms with Gasteiger partial charge in [0.1, 0.15) is 5.75 Å². The number of carbonyl (C=O) groups excluding carboxylic acids is 1. The summed E-state index contributed by atoms with van der Waals surface area (Å²) in [6.07, 6.45) is 6.29. The summed E-state index contributed by atoms with van der Waals surface area (Å²) in [5, 5.41) is 0.453. The highest BCUT2D eigenvalue weighted by Crippen LogP contribution is 2.37. The number of aromatic nitrogens is 3. The van der Waals surface area contributed by atoms with Gasteiger partial charge in [-0.05, 0) is 61.4 Å². The van der Waals surface area contributed by atoms with E-state index in [1.54, 1.807) is 56.8 Å². The standard InChI is InChI=1S/C27H25ClN4O4/c1-3-25(33)30-15-5-6-19(17-30)32-22-13-14-29-16-23(22)31(27(32)34)18-9-11-20(12-10-18)36-24-8-4-7-21(28)26(24)35-2/h3-4,7-14,16,19H,1,5-6,15,17H2,2H3/t19-/m1/s1. The Labute approximate surface area is 212 Å². The summed E-state index contributed by atoms with van der Waals surface area (Å²) < 4.78 is 14.7. The van der Waals surface area contributed by atoms with E-state index >= 15 is 0 Å². The number of carbonyl (C=O) groups is 1. The molecule has 1 aliphatic heterocycles. The van der Waals surface area contributed by atoms with Crippen LogP contribution < -0.4 is 15.2 Å². The molecule has 1 fully saturated rings. The fraction of sp³-hybridized carbons (Fsp3) is 0.222. The van der Waals surface area contributed by atoms with E-state index in [0.717, 1.165) is 18.4 Å². The van der Waals surface area contributed by atoms with Crippen LogP contribution in [-0.2, 0) is 4.79 Å². The number of methoxy groups -OCH3 is 1. The first-order valence-electron chi connectivity index (χ1n) is 11.6. The summed E-state index contributed by atoms with van der Waals surface area (Å²) in [6, 6.07) is 14.2. The van der Waals surface area contributed by atoms with Gasteiger partial charge in [0.05, 0.1) is 41.1 Å². The Balaban J connectivity index is 1.51. The predicted octanol–water partition coefficient (Wildman–Crippen LogP) is 4.99. The minimum Gasteiger partial charge on any atom is -0.491 e. The van der Waals surface area contributed by atoms with Crippen LogP contribution in [0.3, 0.4) is 0 Å². The third-order valence-electron chi connectivity index (χ3n) is 6.38. The highest BCUT2D eigenvalue weighted by molar-refractivity contribution is 6.32. The van der Waals surface area contributed by atoms with Crippen molar-refractivity contribution in [3.63, 3.8) is 0 Å². The van der Waals surface area contributed by atoms with E-state index in [4.69, 9.17) is 21.1 Å². The van der Waals surface area contributed by atoms with E-state index in [0.29, 0.717) is 46.6 Å². The molecule has 36 heavy (non-hydrogen) atoms. The zero-order valence-electron chi connectivity index (χ0n) is 19.8. The molecule has 0 aliphatic carbocycles. The van der Waals surface area contributed by atoms with Gasteiger partial charge in [-0.2, -0.15) is 0 Å². The number of halogens is 1. The number of fused-ring (bicyclic) bond motifs is 1. The molecule has 5 rings (SSSR count). The summed E-state index contributed by atoms with van der Waals surface area (Å²) >= 11 is 6.20. The number of ether oxygens (including phenoxy) is 2. The van der Waals surface area contributed by atoms with Gasteiger partial charge in [0.2, 0.25) is 5.91 Å². The lowest BCUT2D eigenvalue weighted by molar-refractivity contribution is -0.127. The molecule has 184 valence electrons. The first-order chi connectivity index (χ1) is 17.5. The van der Waals surface area contributed by atoms with Gasteiger partial charge in [0.15, 0.2) is 11.5 Å². The summed E-state index contributed by atoms with van der Waals surface area (Å²) in [5.74, 6) is 1.39. The average Bonchev–Trinajstić information content (AvgIpc) is 3.20. The molecule has 0 saturated carbocycles. The van der Waals surface area contributed by atoms with Gasteiger partial charge in [-0.3, -0.25) is 18.9 Å². The lowest BCUT2D eigenvalue weighted by Gasteiger charge is -2.32. The van der Waals surface area contributed by atoms with Crippen molar-refractivity contribution in [2.24, 2.45) is 0 Å². The van der Waals surface area contributed by atoms with Crippen molar-refractivity contribution in [3.8, 4) is 22.9 Å². The van der Waals surface area contributed by atoms with Crippen molar-refractivity contribution in [3.05, 3.63) is 89.1 Å². The number of nitrogens with zero attached hydrogens (tertiary/aromatic N) is 4. The van der Waals surface area contributed by atoms with Gasteiger partial charge in [0.25, 0.3) is 0 Å². The van der Waals surface area contributed by atoms with Crippen LogP contribution in [0.25, 0.3) is 16.7 Å². The third kappa shape index (κ3) is 4.24. The molecule has 8 nitrogen and oxygen atoms in total. The van der Waals surface area contributed by atoms with E-state index in [1.807, 2.05) is 18.2 Å². The maximum absolute atomic E-state index is 13.7. The van der Waals surface area contributed by atoms with Gasteiger partial charge in [0, 0.05) is 19.3 Å². The van der Waals surface area contributed by atoms with Crippen LogP contribution in [0.4, 0.5) is 0 Å². The summed E-state index contributed by atoms with van der Waals surface area (Å²) in [7, 11) is 1.53. The maximum atomic E-state index is 13.7. The summed E-state index contributed by atoms with van der Waals surface area (Å²) in [5.41, 5.74) is 1.97. The van der Waals surface area contributed by atoms with Crippen LogP contribution in [0, 0.1) is 0 Å². The van der Waals surface area contributed by atoms with Crippen molar-refractivity contribution in [1.29, 1.82) is 0 Å². The number of imidazole rings is 1. The SMILES string of the molecule is C=CC(=O)N1CCC[C@@H](n2c(=O)n(-c3ccc(Oc4cccc(Cl)c4OC)cc3)c3cnccc32)C1. The number of pyridine rings is 1. The number of para-hydroxylation sites is 1. The van der Waals surface area contributed by atoms with Crippen LogP contribution in [0.15, 0.2) is 78.4 Å². The zero-order chi connectivity index (χ0) is 25.2. The maximum Gasteiger partial charge on any atom is 0.334 e. The molecule has 0 spiro atoms. The quantitative estimate of drug-likeness (QED) is 0.346. The molecule has 1 saturated heterocycles. The van der Waals surface area contributed by atoms with Gasteiger partial charge >= 0.3 is 5.69 Å². The molecule has 2 aromatic heterocycles.